The predicted octanol–water partition coefficient (Wildman–Crippen LogP) is 6.04. The topological polar surface area (TPSA) is 154 Å². The zero-order chi connectivity index (χ0) is 35.5. The fourth-order valence-corrected chi connectivity index (χ4v) is 4.58. The van der Waals surface area contributed by atoms with Gasteiger partial charge in [-0.05, 0) is 69.5 Å². The summed E-state index contributed by atoms with van der Waals surface area (Å²) >= 11 is 6.16. The van der Waals surface area contributed by atoms with E-state index in [-0.39, 0.29) is 47.2 Å². The lowest BCUT2D eigenvalue weighted by atomic mass is 10.1. The molecule has 15 heteroatoms. The molecule has 0 atom stereocenters. The molecule has 3 aromatic heterocycles. The van der Waals surface area contributed by atoms with Gasteiger partial charge in [-0.25, -0.2) is 28.8 Å². The Bertz CT molecular complexity index is 1860. The molecule has 1 fully saturated rings. The number of hydrogen-bond acceptors (Lipinski definition) is 10. The Hall–Kier alpha value is -4.82. The molecule has 1 aromatic carbocycles. The molecular weight excluding hydrogens is 619 g/mol. The van der Waals surface area contributed by atoms with Crippen LogP contribution in [0.2, 0.25) is 5.15 Å². The van der Waals surface area contributed by atoms with E-state index in [9.17, 15) is 14.0 Å². The maximum Gasteiger partial charge on any atom is 0.413 e. The molecule has 1 aliphatic carbocycles. The predicted molar refractivity (Wildman–Crippen MR) is 169 cm³/mol. The van der Waals surface area contributed by atoms with Gasteiger partial charge in [0.15, 0.2) is 11.6 Å². The van der Waals surface area contributed by atoms with Crippen LogP contribution < -0.4 is 20.7 Å². The average Bonchev–Trinajstić information content (AvgIpc) is 3.73. The number of amides is 2. The van der Waals surface area contributed by atoms with Crippen LogP contribution in [0.5, 0.6) is 5.75 Å². The Morgan fingerprint density at radius 2 is 1.96 bits per heavy atom. The van der Waals surface area contributed by atoms with E-state index in [4.69, 9.17) is 29.9 Å². The molecular formula is C31H34ClFN8O5. The van der Waals surface area contributed by atoms with Crippen LogP contribution in [0.15, 0.2) is 42.9 Å². The molecule has 0 bridgehead atoms. The minimum atomic E-state index is -2.75. The first-order valence-electron chi connectivity index (χ1n) is 15.7. The maximum absolute atomic E-state index is 14.7. The van der Waals surface area contributed by atoms with E-state index >= 15 is 0 Å². The Morgan fingerprint density at radius 3 is 2.67 bits per heavy atom. The van der Waals surface area contributed by atoms with Crippen molar-refractivity contribution in [3.8, 4) is 17.1 Å². The number of pyridine rings is 2. The van der Waals surface area contributed by atoms with E-state index in [2.05, 4.69) is 30.7 Å². The van der Waals surface area contributed by atoms with Gasteiger partial charge in [0.1, 0.15) is 34.4 Å². The summed E-state index contributed by atoms with van der Waals surface area (Å²) in [5, 5.41) is 12.2. The monoisotopic (exact) mass is 655 g/mol. The third kappa shape index (κ3) is 8.06. The minimum absolute atomic E-state index is 0.0365. The van der Waals surface area contributed by atoms with E-state index < -0.39 is 30.4 Å². The summed E-state index contributed by atoms with van der Waals surface area (Å²) in [6, 6.07) is 7.52. The zero-order valence-electron chi connectivity index (χ0n) is 28.5. The molecule has 3 heterocycles. The fraction of sp³-hybridized carbons (Fsp3) is 0.355. The minimum Gasteiger partial charge on any atom is -0.494 e. The van der Waals surface area contributed by atoms with Crippen LogP contribution in [0.4, 0.5) is 26.4 Å². The Balaban J connectivity index is 1.44. The van der Waals surface area contributed by atoms with Gasteiger partial charge < -0.3 is 24.8 Å². The van der Waals surface area contributed by atoms with Crippen LogP contribution in [0.25, 0.3) is 11.4 Å². The molecule has 242 valence electrons. The largest absolute Gasteiger partial charge is 0.494 e. The Morgan fingerprint density at radius 1 is 1.15 bits per heavy atom. The zero-order valence-corrected chi connectivity index (χ0v) is 26.2. The smallest absolute Gasteiger partial charge is 0.413 e. The van der Waals surface area contributed by atoms with Gasteiger partial charge in [-0.2, -0.15) is 5.10 Å². The molecule has 3 N–H and O–H groups in total. The normalized spacial score (nSPS) is 14.1. The van der Waals surface area contributed by atoms with Crippen molar-refractivity contribution in [1.29, 1.82) is 0 Å². The summed E-state index contributed by atoms with van der Waals surface area (Å²) in [6.45, 7) is 2.09. The summed E-state index contributed by atoms with van der Waals surface area (Å²) < 4.78 is 55.7. The summed E-state index contributed by atoms with van der Waals surface area (Å²) in [4.78, 5) is 37.6. The lowest BCUT2D eigenvalue weighted by molar-refractivity contribution is 0.0634. The first kappa shape index (κ1) is 28.6. The lowest BCUT2D eigenvalue weighted by Crippen LogP contribution is -2.27. The molecule has 13 nitrogen and oxygen atoms in total. The number of nitrogens with one attached hydrogen (secondary N) is 3. The number of benzene rings is 1. The lowest BCUT2D eigenvalue weighted by Gasteiger charge is -2.19. The molecule has 46 heavy (non-hydrogen) atoms. The number of nitrogens with zero attached hydrogens (tertiary/aromatic N) is 5. The molecule has 0 saturated heterocycles. The summed E-state index contributed by atoms with van der Waals surface area (Å²) in [5.74, 6) is -0.802. The second-order valence-electron chi connectivity index (χ2n) is 11.4. The van der Waals surface area contributed by atoms with E-state index in [1.165, 1.54) is 19.2 Å². The van der Waals surface area contributed by atoms with Crippen LogP contribution in [-0.4, -0.2) is 56.4 Å². The standard InChI is InChI=1S/C31H34ClFN8O5/c1-31(2,3)46-30(43)39-26-9-8-21(33)24(38-26)15-45-14-17-10-19(28-36-16-41(40-28)18-6-7-18)27(44-5)23(11-17)37-22-12-25(32)35-13-20(22)29(42)34-4/h8-13,16,18H,6-7,14-15H2,1-5H3,(H,34,42)(H,35,37)(H,38,39,43)/i4D3. The van der Waals surface area contributed by atoms with Crippen molar-refractivity contribution < 1.29 is 32.3 Å². The molecule has 0 spiro atoms. The third-order valence-electron chi connectivity index (χ3n) is 6.58. The van der Waals surface area contributed by atoms with Gasteiger partial charge in [0.05, 0.1) is 48.9 Å². The summed E-state index contributed by atoms with van der Waals surface area (Å²) in [7, 11) is 1.45. The summed E-state index contributed by atoms with van der Waals surface area (Å²) in [6.07, 6.45) is 4.03. The molecule has 1 saturated carbocycles. The molecule has 5 rings (SSSR count). The Labute approximate surface area is 274 Å². The van der Waals surface area contributed by atoms with Crippen molar-refractivity contribution in [2.75, 3.05) is 24.7 Å². The number of hydrogen-bond donors (Lipinski definition) is 3. The summed E-state index contributed by atoms with van der Waals surface area (Å²) in [5.41, 5.74) is 0.637. The fourth-order valence-electron chi connectivity index (χ4n) is 4.42. The van der Waals surface area contributed by atoms with E-state index in [1.54, 1.807) is 43.9 Å². The van der Waals surface area contributed by atoms with Gasteiger partial charge in [-0.15, -0.1) is 0 Å². The number of halogens is 2. The highest BCUT2D eigenvalue weighted by atomic mass is 35.5. The molecule has 0 aliphatic heterocycles. The van der Waals surface area contributed by atoms with Crippen molar-refractivity contribution >= 4 is 40.8 Å². The van der Waals surface area contributed by atoms with Crippen molar-refractivity contribution in [3.63, 3.8) is 0 Å². The van der Waals surface area contributed by atoms with E-state index in [0.717, 1.165) is 25.1 Å². The van der Waals surface area contributed by atoms with E-state index in [1.807, 2.05) is 5.32 Å². The second-order valence-corrected chi connectivity index (χ2v) is 11.8. The number of aromatic nitrogens is 5. The highest BCUT2D eigenvalue weighted by Crippen LogP contribution is 2.40. The number of ether oxygens (including phenoxy) is 3. The van der Waals surface area contributed by atoms with Crippen molar-refractivity contribution in [3.05, 3.63) is 70.6 Å². The highest BCUT2D eigenvalue weighted by Gasteiger charge is 2.26. The number of anilines is 3. The Kier molecular flexibility index (Phi) is 8.51. The van der Waals surface area contributed by atoms with Crippen LogP contribution >= 0.6 is 11.6 Å². The molecule has 0 unspecified atom stereocenters. The van der Waals surface area contributed by atoms with Crippen LogP contribution in [0.1, 0.15) is 65.4 Å². The first-order chi connectivity index (χ1) is 23.1. The van der Waals surface area contributed by atoms with Gasteiger partial charge in [0.25, 0.3) is 5.91 Å². The number of carbonyl (C=O) groups is 2. The maximum atomic E-state index is 14.7. The van der Waals surface area contributed by atoms with Gasteiger partial charge in [0, 0.05) is 17.3 Å². The highest BCUT2D eigenvalue weighted by molar-refractivity contribution is 6.29. The van der Waals surface area contributed by atoms with Gasteiger partial charge in [0.2, 0.25) is 0 Å². The van der Waals surface area contributed by atoms with Crippen LogP contribution in [-0.2, 0) is 22.7 Å². The van der Waals surface area contributed by atoms with Gasteiger partial charge >= 0.3 is 6.09 Å². The van der Waals surface area contributed by atoms with Crippen molar-refractivity contribution in [2.24, 2.45) is 0 Å². The van der Waals surface area contributed by atoms with Crippen LogP contribution in [0, 0.1) is 5.82 Å². The average molecular weight is 656 g/mol. The number of methoxy groups -OCH3 is 1. The molecule has 1 aliphatic rings. The van der Waals surface area contributed by atoms with Crippen molar-refractivity contribution in [2.45, 2.75) is 58.5 Å². The number of carbonyl (C=O) groups excluding carboxylic acids is 2. The van der Waals surface area contributed by atoms with Crippen LogP contribution in [0.3, 0.4) is 0 Å². The quantitative estimate of drug-likeness (QED) is 0.163. The second kappa shape index (κ2) is 13.7. The van der Waals surface area contributed by atoms with E-state index in [0.29, 0.717) is 28.4 Å². The number of rotatable bonds is 11. The SMILES string of the molecule is [2H]C([2H])([2H])NC(=O)c1cnc(Cl)cc1Nc1cc(COCc2nc(NC(=O)OC(C)(C)C)ccc2F)cc(-c2ncn(C3CC3)n2)c1OC. The van der Waals surface area contributed by atoms with Gasteiger partial charge in [-0.3, -0.25) is 10.1 Å². The molecule has 4 aromatic rings. The molecule has 2 amide bonds. The molecule has 0 radical (unpaired) electrons. The first-order valence-corrected chi connectivity index (χ1v) is 14.6. The van der Waals surface area contributed by atoms with Crippen molar-refractivity contribution in [1.82, 2.24) is 30.0 Å². The third-order valence-corrected chi connectivity index (χ3v) is 6.78. The van der Waals surface area contributed by atoms with Gasteiger partial charge in [-0.1, -0.05) is 11.6 Å².